The molecule has 3 amide bonds. The maximum Gasteiger partial charge on any atom is 0.451 e. The first-order valence-electron chi connectivity index (χ1n) is 11.0. The molecule has 4 aliphatic heterocycles. The molecular weight excluding hydrogens is 505 g/mol. The van der Waals surface area contributed by atoms with Gasteiger partial charge in [0.15, 0.2) is 17.6 Å². The third-order valence-electron chi connectivity index (χ3n) is 6.88. The number of rotatable bonds is 4. The van der Waals surface area contributed by atoms with Gasteiger partial charge >= 0.3 is 6.18 Å². The zero-order valence-corrected chi connectivity index (χ0v) is 18.8. The lowest BCUT2D eigenvalue weighted by Gasteiger charge is -2.51. The Morgan fingerprint density at radius 1 is 1.22 bits per heavy atom. The summed E-state index contributed by atoms with van der Waals surface area (Å²) < 4.78 is 38.9. The van der Waals surface area contributed by atoms with Crippen LogP contribution in [0.5, 0.6) is 0 Å². The highest BCUT2D eigenvalue weighted by molar-refractivity contribution is 6.02. The van der Waals surface area contributed by atoms with Gasteiger partial charge in [-0.25, -0.2) is 9.97 Å². The number of alkyl halides is 3. The lowest BCUT2D eigenvalue weighted by molar-refractivity contribution is -0.232. The Hall–Kier alpha value is -4.06. The summed E-state index contributed by atoms with van der Waals surface area (Å²) in [5, 5.41) is 49.5. The highest BCUT2D eigenvalue weighted by Crippen LogP contribution is 2.43. The number of aromatic nitrogens is 2. The van der Waals surface area contributed by atoms with Gasteiger partial charge in [-0.3, -0.25) is 30.1 Å². The van der Waals surface area contributed by atoms with Gasteiger partial charge in [0.25, 0.3) is 5.91 Å². The molecule has 18 heteroatoms. The van der Waals surface area contributed by atoms with Crippen LogP contribution in [0.25, 0.3) is 0 Å². The van der Waals surface area contributed by atoms with E-state index in [1.165, 1.54) is 0 Å². The van der Waals surface area contributed by atoms with Crippen LogP contribution in [0.1, 0.15) is 29.2 Å². The van der Waals surface area contributed by atoms with E-state index < -0.39 is 71.5 Å². The van der Waals surface area contributed by atoms with Crippen LogP contribution in [0.2, 0.25) is 0 Å². The van der Waals surface area contributed by atoms with Crippen molar-refractivity contribution in [1.82, 2.24) is 41.0 Å². The molecule has 4 aliphatic rings. The van der Waals surface area contributed by atoms with Gasteiger partial charge in [-0.05, 0) is 6.07 Å². The van der Waals surface area contributed by atoms with Gasteiger partial charge in [-0.1, -0.05) is 0 Å². The van der Waals surface area contributed by atoms with E-state index in [0.717, 1.165) is 22.1 Å². The number of hydrogen-bond acceptors (Lipinski definition) is 9. The molecule has 198 valence electrons. The third-order valence-corrected chi connectivity index (χ3v) is 6.88. The number of amides is 3. The quantitative estimate of drug-likeness (QED) is 0.145. The molecule has 4 fully saturated rings. The van der Waals surface area contributed by atoms with E-state index in [-0.39, 0.29) is 31.3 Å². The van der Waals surface area contributed by atoms with Crippen LogP contribution in [0.4, 0.5) is 13.2 Å². The summed E-state index contributed by atoms with van der Waals surface area (Å²) in [6, 6.07) is -2.72. The van der Waals surface area contributed by atoms with Crippen molar-refractivity contribution < 1.29 is 37.8 Å². The molecule has 5 heterocycles. The molecule has 15 nitrogen and oxygen atoms in total. The predicted octanol–water partition coefficient (Wildman–Crippen LogP) is -3.16. The lowest BCUT2D eigenvalue weighted by atomic mass is 9.84. The minimum Gasteiger partial charge on any atom is -0.361 e. The number of guanidine groups is 2. The standard InChI is InChI=1S/C19H21F3N10O5/c20-19(21,22)14-25-4-3-7(26-14)13(35)28-9-6-32-16(24)27-8(5-31-10(33)1-2-11(31)34)12-17(32,18(9,36)37)30-15(23)29-12/h3-4,8-9,12,36-37H,1-2,5-6H2,(H2,24,27)(H,28,35)(H3,23,29,30)/t8-,9-,12?,17-/m0/s1. The Balaban J connectivity index is 1.44. The number of carbonyl (C=O) groups is 3. The van der Waals surface area contributed by atoms with Crippen molar-refractivity contribution in [2.45, 2.75) is 48.6 Å². The number of nitrogens with zero attached hydrogens (tertiary/aromatic N) is 4. The van der Waals surface area contributed by atoms with E-state index in [0.29, 0.717) is 0 Å². The largest absolute Gasteiger partial charge is 0.451 e. The number of likely N-dealkylation sites (tertiary alicyclic amines) is 1. The van der Waals surface area contributed by atoms with Gasteiger partial charge in [-0.2, -0.15) is 13.2 Å². The van der Waals surface area contributed by atoms with Crippen molar-refractivity contribution in [2.24, 2.45) is 0 Å². The van der Waals surface area contributed by atoms with Crippen LogP contribution < -0.4 is 21.3 Å². The van der Waals surface area contributed by atoms with Crippen molar-refractivity contribution in [3.05, 3.63) is 23.8 Å². The second-order valence-corrected chi connectivity index (χ2v) is 9.01. The second kappa shape index (κ2) is 7.97. The Labute approximate surface area is 205 Å². The monoisotopic (exact) mass is 526 g/mol. The maximum absolute atomic E-state index is 13.0. The van der Waals surface area contributed by atoms with Gasteiger partial charge in [0.05, 0.1) is 18.6 Å². The van der Waals surface area contributed by atoms with E-state index in [1.807, 2.05) is 0 Å². The number of hydrogen-bond donors (Lipinski definition) is 8. The molecule has 0 aliphatic carbocycles. The molecular formula is C19H21F3N10O5. The van der Waals surface area contributed by atoms with Gasteiger partial charge in [-0.15, -0.1) is 0 Å². The van der Waals surface area contributed by atoms with Gasteiger partial charge < -0.3 is 36.4 Å². The molecule has 1 aromatic heterocycles. The summed E-state index contributed by atoms with van der Waals surface area (Å²) in [6.07, 6.45) is -4.15. The van der Waals surface area contributed by atoms with Crippen LogP contribution in [0, 0.1) is 10.8 Å². The van der Waals surface area contributed by atoms with Crippen molar-refractivity contribution >= 4 is 29.6 Å². The molecule has 4 atom stereocenters. The Morgan fingerprint density at radius 3 is 2.54 bits per heavy atom. The fourth-order valence-corrected chi connectivity index (χ4v) is 5.21. The maximum atomic E-state index is 13.0. The SMILES string of the molecule is N=C1NC2[C@H](CN3C(=O)CCC3=O)NC(=N)N3C[C@H](NC(=O)c4ccnc(C(F)(F)F)n4)C(O)(O)[C@]23N1. The first-order valence-corrected chi connectivity index (χ1v) is 11.0. The number of nitrogens with one attached hydrogen (secondary N) is 6. The van der Waals surface area contributed by atoms with Crippen molar-refractivity contribution in [2.75, 3.05) is 13.1 Å². The molecule has 0 radical (unpaired) electrons. The number of halogens is 3. The highest BCUT2D eigenvalue weighted by Gasteiger charge is 2.74. The normalized spacial score (nSPS) is 30.5. The zero-order chi connectivity index (χ0) is 26.9. The second-order valence-electron chi connectivity index (χ2n) is 9.01. The van der Waals surface area contributed by atoms with Crippen LogP contribution in [0.3, 0.4) is 0 Å². The molecule has 4 saturated heterocycles. The molecule has 1 spiro atoms. The minimum absolute atomic E-state index is 0.0174. The summed E-state index contributed by atoms with van der Waals surface area (Å²) >= 11 is 0. The highest BCUT2D eigenvalue weighted by atomic mass is 19.4. The first kappa shape index (κ1) is 24.6. The summed E-state index contributed by atoms with van der Waals surface area (Å²) in [5.41, 5.74) is -2.71. The van der Waals surface area contributed by atoms with Crippen molar-refractivity contribution in [3.8, 4) is 0 Å². The summed E-state index contributed by atoms with van der Waals surface area (Å²) in [5.74, 6) is -7.23. The van der Waals surface area contributed by atoms with E-state index in [4.69, 9.17) is 10.8 Å². The van der Waals surface area contributed by atoms with Crippen molar-refractivity contribution in [1.29, 1.82) is 10.8 Å². The van der Waals surface area contributed by atoms with Crippen molar-refractivity contribution in [3.63, 3.8) is 0 Å². The number of aliphatic hydroxyl groups is 2. The fourth-order valence-electron chi connectivity index (χ4n) is 5.21. The zero-order valence-electron chi connectivity index (χ0n) is 18.8. The van der Waals surface area contributed by atoms with Gasteiger partial charge in [0.2, 0.25) is 23.4 Å². The Kier molecular flexibility index (Phi) is 5.30. The molecule has 1 unspecified atom stereocenters. The average molecular weight is 526 g/mol. The third kappa shape index (κ3) is 3.62. The molecule has 0 saturated carbocycles. The number of imide groups is 1. The predicted molar refractivity (Wildman–Crippen MR) is 113 cm³/mol. The summed E-state index contributed by atoms with van der Waals surface area (Å²) in [6.45, 7) is -0.648. The average Bonchev–Trinajstić information content (AvgIpc) is 3.41. The minimum atomic E-state index is -4.91. The summed E-state index contributed by atoms with van der Waals surface area (Å²) in [7, 11) is 0. The van der Waals surface area contributed by atoms with Crippen LogP contribution >= 0.6 is 0 Å². The number of carbonyl (C=O) groups excluding carboxylic acids is 3. The van der Waals surface area contributed by atoms with Crippen LogP contribution in [-0.4, -0.2) is 102 Å². The van der Waals surface area contributed by atoms with E-state index in [1.54, 1.807) is 0 Å². The Morgan fingerprint density at radius 2 is 1.89 bits per heavy atom. The molecule has 5 rings (SSSR count). The van der Waals surface area contributed by atoms with E-state index in [2.05, 4.69) is 31.2 Å². The first-order chi connectivity index (χ1) is 17.3. The van der Waals surface area contributed by atoms with E-state index in [9.17, 15) is 37.8 Å². The van der Waals surface area contributed by atoms with Gasteiger partial charge in [0.1, 0.15) is 11.7 Å². The smallest absolute Gasteiger partial charge is 0.361 e. The summed E-state index contributed by atoms with van der Waals surface area (Å²) in [4.78, 5) is 45.4. The fraction of sp³-hybridized carbons (Fsp3) is 0.526. The van der Waals surface area contributed by atoms with Gasteiger partial charge in [0, 0.05) is 25.6 Å². The molecule has 0 bridgehead atoms. The molecule has 1 aromatic rings. The lowest BCUT2D eigenvalue weighted by Crippen LogP contribution is -2.81. The molecule has 0 aromatic carbocycles. The Bertz CT molecular complexity index is 1210. The molecule has 8 N–H and O–H groups in total. The topological polar surface area (TPSA) is 220 Å². The van der Waals surface area contributed by atoms with E-state index >= 15 is 0 Å². The van der Waals surface area contributed by atoms with Crippen LogP contribution in [-0.2, 0) is 15.8 Å². The van der Waals surface area contributed by atoms with Crippen LogP contribution in [0.15, 0.2) is 12.3 Å². The molecule has 37 heavy (non-hydrogen) atoms.